The van der Waals surface area contributed by atoms with Crippen LogP contribution in [0, 0.1) is 0 Å². The zero-order chi connectivity index (χ0) is 19.3. The number of ether oxygens (including phenoxy) is 2. The average molecular weight is 372 g/mol. The molecule has 1 N–H and O–H groups in total. The number of benzene rings is 3. The first-order chi connectivity index (χ1) is 13.7. The van der Waals surface area contributed by atoms with Crippen molar-refractivity contribution in [3.05, 3.63) is 85.1 Å². The lowest BCUT2D eigenvalue weighted by atomic mass is 10.2. The maximum Gasteiger partial charge on any atom is 0.244 e. The van der Waals surface area contributed by atoms with Gasteiger partial charge in [0.25, 0.3) is 0 Å². The number of methoxy groups -OCH3 is 1. The number of nitrogens with zero attached hydrogens (tertiary/aromatic N) is 1. The van der Waals surface area contributed by atoms with Crippen molar-refractivity contribution in [2.75, 3.05) is 12.4 Å². The van der Waals surface area contributed by atoms with Crippen LogP contribution in [0.25, 0.3) is 10.9 Å². The van der Waals surface area contributed by atoms with Gasteiger partial charge in [0.05, 0.1) is 7.11 Å². The highest BCUT2D eigenvalue weighted by atomic mass is 16.5. The van der Waals surface area contributed by atoms with E-state index in [9.17, 15) is 4.79 Å². The first kappa shape index (κ1) is 17.7. The molecule has 0 spiro atoms. The second-order valence-electron chi connectivity index (χ2n) is 6.36. The third-order valence-corrected chi connectivity index (χ3v) is 4.41. The van der Waals surface area contributed by atoms with Crippen molar-refractivity contribution in [3.63, 3.8) is 0 Å². The Morgan fingerprint density at radius 2 is 1.61 bits per heavy atom. The topological polar surface area (TPSA) is 52.5 Å². The Morgan fingerprint density at radius 1 is 0.893 bits per heavy atom. The number of hydrogen-bond donors (Lipinski definition) is 1. The highest BCUT2D eigenvalue weighted by Gasteiger charge is 2.08. The quantitative estimate of drug-likeness (QED) is 0.513. The largest absolute Gasteiger partial charge is 0.497 e. The molecule has 0 aliphatic heterocycles. The number of anilines is 1. The summed E-state index contributed by atoms with van der Waals surface area (Å²) in [4.78, 5) is 12.4. The summed E-state index contributed by atoms with van der Waals surface area (Å²) in [6, 6.07) is 24.7. The Kier molecular flexibility index (Phi) is 4.97. The molecular weight excluding hydrogens is 352 g/mol. The third kappa shape index (κ3) is 3.99. The molecular formula is C23H20N2O3. The fourth-order valence-electron chi connectivity index (χ4n) is 3.03. The molecule has 0 bridgehead atoms. The summed E-state index contributed by atoms with van der Waals surface area (Å²) in [5, 5.41) is 3.96. The van der Waals surface area contributed by atoms with Crippen LogP contribution in [0.3, 0.4) is 0 Å². The van der Waals surface area contributed by atoms with Crippen molar-refractivity contribution < 1.29 is 14.3 Å². The van der Waals surface area contributed by atoms with Gasteiger partial charge >= 0.3 is 0 Å². The Morgan fingerprint density at radius 3 is 2.36 bits per heavy atom. The number of fused-ring (bicyclic) bond motifs is 1. The van der Waals surface area contributed by atoms with Crippen molar-refractivity contribution in [2.45, 2.75) is 6.54 Å². The number of carbonyl (C=O) groups is 1. The molecule has 5 nitrogen and oxygen atoms in total. The van der Waals surface area contributed by atoms with E-state index in [1.54, 1.807) is 7.11 Å². The van der Waals surface area contributed by atoms with Gasteiger partial charge in [0.1, 0.15) is 23.8 Å². The smallest absolute Gasteiger partial charge is 0.244 e. The molecule has 4 aromatic rings. The highest BCUT2D eigenvalue weighted by Crippen LogP contribution is 2.24. The number of carbonyl (C=O) groups excluding carboxylic acids is 1. The van der Waals surface area contributed by atoms with Gasteiger partial charge in [-0.2, -0.15) is 0 Å². The Bertz CT molecular complexity index is 1090. The van der Waals surface area contributed by atoms with E-state index in [1.165, 1.54) is 0 Å². The number of aromatic nitrogens is 1. The van der Waals surface area contributed by atoms with Crippen LogP contribution in [0.5, 0.6) is 17.2 Å². The Hall–Kier alpha value is -3.73. The summed E-state index contributed by atoms with van der Waals surface area (Å²) in [6.45, 7) is 0.234. The third-order valence-electron chi connectivity index (χ3n) is 4.41. The van der Waals surface area contributed by atoms with E-state index in [0.29, 0.717) is 0 Å². The van der Waals surface area contributed by atoms with Gasteiger partial charge in [0, 0.05) is 22.8 Å². The summed E-state index contributed by atoms with van der Waals surface area (Å²) >= 11 is 0. The zero-order valence-electron chi connectivity index (χ0n) is 15.5. The number of nitrogens with one attached hydrogen (secondary N) is 1. The SMILES string of the molecule is COc1ccc2c(ccn2CC(=O)Nc2ccc(Oc3ccccc3)cc2)c1. The molecule has 1 aromatic heterocycles. The van der Waals surface area contributed by atoms with Gasteiger partial charge in [-0.05, 0) is 60.7 Å². The monoisotopic (exact) mass is 372 g/mol. The van der Waals surface area contributed by atoms with Crippen molar-refractivity contribution in [2.24, 2.45) is 0 Å². The second-order valence-corrected chi connectivity index (χ2v) is 6.36. The molecule has 0 atom stereocenters. The summed E-state index contributed by atoms with van der Waals surface area (Å²) in [6.07, 6.45) is 1.90. The molecule has 0 saturated heterocycles. The lowest BCUT2D eigenvalue weighted by Crippen LogP contribution is -2.18. The van der Waals surface area contributed by atoms with Gasteiger partial charge < -0.3 is 19.4 Å². The van der Waals surface area contributed by atoms with Crippen LogP contribution >= 0.6 is 0 Å². The fraction of sp³-hybridized carbons (Fsp3) is 0.0870. The molecule has 1 heterocycles. The van der Waals surface area contributed by atoms with E-state index in [-0.39, 0.29) is 12.5 Å². The average Bonchev–Trinajstić information content (AvgIpc) is 3.12. The van der Waals surface area contributed by atoms with Gasteiger partial charge in [0.15, 0.2) is 0 Å². The van der Waals surface area contributed by atoms with Crippen molar-refractivity contribution in [1.29, 1.82) is 0 Å². The first-order valence-electron chi connectivity index (χ1n) is 8.97. The van der Waals surface area contributed by atoms with Crippen LogP contribution in [-0.4, -0.2) is 17.6 Å². The second kappa shape index (κ2) is 7.88. The van der Waals surface area contributed by atoms with Crippen molar-refractivity contribution in [1.82, 2.24) is 4.57 Å². The van der Waals surface area contributed by atoms with E-state index in [2.05, 4.69) is 5.32 Å². The summed E-state index contributed by atoms with van der Waals surface area (Å²) in [7, 11) is 1.64. The van der Waals surface area contributed by atoms with Crippen molar-refractivity contribution in [3.8, 4) is 17.2 Å². The van der Waals surface area contributed by atoms with Gasteiger partial charge in [-0.1, -0.05) is 18.2 Å². The van der Waals surface area contributed by atoms with Crippen LogP contribution in [0.2, 0.25) is 0 Å². The minimum absolute atomic E-state index is 0.0926. The van der Waals surface area contributed by atoms with E-state index in [1.807, 2.05) is 89.6 Å². The lowest BCUT2D eigenvalue weighted by Gasteiger charge is -2.09. The van der Waals surface area contributed by atoms with Gasteiger partial charge in [-0.15, -0.1) is 0 Å². The summed E-state index contributed by atoms with van der Waals surface area (Å²) in [5.74, 6) is 2.20. The maximum absolute atomic E-state index is 12.4. The van der Waals surface area contributed by atoms with Crippen molar-refractivity contribution >= 4 is 22.5 Å². The molecule has 5 heteroatoms. The molecule has 3 aromatic carbocycles. The molecule has 140 valence electrons. The van der Waals surface area contributed by atoms with Crippen LogP contribution < -0.4 is 14.8 Å². The molecule has 0 saturated carbocycles. The van der Waals surface area contributed by atoms with E-state index < -0.39 is 0 Å². The lowest BCUT2D eigenvalue weighted by molar-refractivity contribution is -0.116. The van der Waals surface area contributed by atoms with E-state index in [0.717, 1.165) is 33.8 Å². The van der Waals surface area contributed by atoms with Crippen LogP contribution in [0.1, 0.15) is 0 Å². The first-order valence-corrected chi connectivity index (χ1v) is 8.97. The number of hydrogen-bond acceptors (Lipinski definition) is 3. The van der Waals surface area contributed by atoms with Gasteiger partial charge in [-0.3, -0.25) is 4.79 Å². The zero-order valence-corrected chi connectivity index (χ0v) is 15.5. The number of amides is 1. The van der Waals surface area contributed by atoms with E-state index in [4.69, 9.17) is 9.47 Å². The van der Waals surface area contributed by atoms with Crippen LogP contribution in [0.4, 0.5) is 5.69 Å². The number of rotatable bonds is 6. The molecule has 0 aliphatic carbocycles. The van der Waals surface area contributed by atoms with E-state index >= 15 is 0 Å². The molecule has 0 aliphatic rings. The van der Waals surface area contributed by atoms with Crippen LogP contribution in [0.15, 0.2) is 85.1 Å². The minimum Gasteiger partial charge on any atom is -0.497 e. The molecule has 0 fully saturated rings. The molecule has 1 amide bonds. The Balaban J connectivity index is 1.40. The fourth-order valence-corrected chi connectivity index (χ4v) is 3.03. The van der Waals surface area contributed by atoms with Gasteiger partial charge in [-0.25, -0.2) is 0 Å². The number of para-hydroxylation sites is 1. The highest BCUT2D eigenvalue weighted by molar-refractivity contribution is 5.92. The molecule has 0 unspecified atom stereocenters. The Labute approximate surface area is 163 Å². The molecule has 4 rings (SSSR count). The standard InChI is InChI=1S/C23H20N2O3/c1-27-21-11-12-22-17(15-21)13-14-25(22)16-23(26)24-18-7-9-20(10-8-18)28-19-5-3-2-4-6-19/h2-15H,16H2,1H3,(H,24,26). The van der Waals surface area contributed by atoms with Crippen LogP contribution in [-0.2, 0) is 11.3 Å². The van der Waals surface area contributed by atoms with Gasteiger partial charge in [0.2, 0.25) is 5.91 Å². The summed E-state index contributed by atoms with van der Waals surface area (Å²) in [5.41, 5.74) is 1.71. The summed E-state index contributed by atoms with van der Waals surface area (Å²) < 4.78 is 12.9. The predicted octanol–water partition coefficient (Wildman–Crippen LogP) is 5.08. The minimum atomic E-state index is -0.0926. The predicted molar refractivity (Wildman–Crippen MR) is 110 cm³/mol. The molecule has 28 heavy (non-hydrogen) atoms. The normalized spacial score (nSPS) is 10.6. The molecule has 0 radical (unpaired) electrons. The maximum atomic E-state index is 12.4.